The summed E-state index contributed by atoms with van der Waals surface area (Å²) in [6, 6.07) is 3.37. The largest absolute Gasteiger partial charge is 0.345 e. The number of H-pyrrole nitrogens is 1. The first-order valence-electron chi connectivity index (χ1n) is 12.5. The minimum Gasteiger partial charge on any atom is -0.345 e. The van der Waals surface area contributed by atoms with E-state index in [9.17, 15) is 22.0 Å². The summed E-state index contributed by atoms with van der Waals surface area (Å²) in [4.78, 5) is 28.9. The zero-order valence-corrected chi connectivity index (χ0v) is 21.9. The lowest BCUT2D eigenvalue weighted by Crippen LogP contribution is -2.26. The number of nitrogens with one attached hydrogen (secondary N) is 2. The van der Waals surface area contributed by atoms with Crippen molar-refractivity contribution >= 4 is 50.7 Å². The number of benzene rings is 1. The van der Waals surface area contributed by atoms with Crippen molar-refractivity contribution in [3.05, 3.63) is 65.1 Å². The summed E-state index contributed by atoms with van der Waals surface area (Å²) in [5.41, 5.74) is 0.130. The molecule has 2 N–H and O–H groups in total. The Morgan fingerprint density at radius 1 is 1.23 bits per heavy atom. The van der Waals surface area contributed by atoms with Gasteiger partial charge in [-0.3, -0.25) is 9.52 Å². The van der Waals surface area contributed by atoms with Crippen molar-refractivity contribution in [1.29, 1.82) is 0 Å². The molecule has 2 heterocycles. The summed E-state index contributed by atoms with van der Waals surface area (Å²) in [6.45, 7) is 5.36. The number of carbonyl (C=O) groups is 1. The number of aromatic amines is 1. The fourth-order valence-electron chi connectivity index (χ4n) is 4.64. The van der Waals surface area contributed by atoms with Crippen LogP contribution in [-0.2, 0) is 10.0 Å². The Morgan fingerprint density at radius 2 is 2.00 bits per heavy atom. The van der Waals surface area contributed by atoms with E-state index in [4.69, 9.17) is 0 Å². The van der Waals surface area contributed by atoms with E-state index in [0.29, 0.717) is 28.4 Å². The Kier molecular flexibility index (Phi) is 7.15. The van der Waals surface area contributed by atoms with Gasteiger partial charge in [0.05, 0.1) is 16.5 Å². The van der Waals surface area contributed by atoms with Gasteiger partial charge in [-0.2, -0.15) is 0 Å². The molecule has 2 saturated carbocycles. The van der Waals surface area contributed by atoms with Gasteiger partial charge in [-0.1, -0.05) is 0 Å². The molecule has 5 rings (SSSR count). The number of rotatable bonds is 8. The summed E-state index contributed by atoms with van der Waals surface area (Å²) in [6.07, 6.45) is 5.24. The molecule has 2 aliphatic rings. The minimum absolute atomic E-state index is 0.0454. The van der Waals surface area contributed by atoms with Crippen LogP contribution in [0.5, 0.6) is 0 Å². The topological polar surface area (TPSA) is 117 Å². The van der Waals surface area contributed by atoms with Crippen molar-refractivity contribution < 1.29 is 26.4 Å². The highest BCUT2D eigenvalue weighted by molar-refractivity contribution is 7.93. The standard InChI is InChI=1S/C27H26F3N5O3S/c1-14(11-32-26(31-2)15-3-4-15)16-9-19-20(13-34-27(19)33-12-16)25(36)23-21(29)7-8-22(24(23)30)35-39(37,38)18-6-5-17(28)10-18/h7-9,11-13,15,17-18,35H,2-6,10H2,1H3,(H,33,34)/b14-11+,32-26?/t17-,18?/m1/s1. The predicted octanol–water partition coefficient (Wildman–Crippen LogP) is 5.57. The van der Waals surface area contributed by atoms with Crippen LogP contribution in [0.3, 0.4) is 0 Å². The van der Waals surface area contributed by atoms with Crippen LogP contribution >= 0.6 is 0 Å². The van der Waals surface area contributed by atoms with Crippen molar-refractivity contribution in [2.45, 2.75) is 50.4 Å². The van der Waals surface area contributed by atoms with Crippen molar-refractivity contribution in [2.75, 3.05) is 4.72 Å². The Balaban J connectivity index is 1.47. The maximum Gasteiger partial charge on any atom is 0.235 e. The number of aliphatic imine (C=N–C) groups is 2. The van der Waals surface area contributed by atoms with Gasteiger partial charge in [0.25, 0.3) is 0 Å². The second kappa shape index (κ2) is 10.4. The van der Waals surface area contributed by atoms with Gasteiger partial charge >= 0.3 is 0 Å². The van der Waals surface area contributed by atoms with Crippen LogP contribution in [0.2, 0.25) is 0 Å². The fraction of sp³-hybridized carbons (Fsp3) is 0.333. The van der Waals surface area contributed by atoms with Gasteiger partial charge in [-0.25, -0.2) is 36.6 Å². The SMILES string of the molecule is C=NC(=N/C=C(\C)c1cnc2[nH]cc(C(=O)c3c(F)ccc(NS(=O)(=O)C4CC[C@@H](F)C4)c3F)c2c1)C1CC1. The number of carbonyl (C=O) groups excluding carboxylic acids is 1. The summed E-state index contributed by atoms with van der Waals surface area (Å²) in [5, 5.41) is -0.722. The van der Waals surface area contributed by atoms with Crippen molar-refractivity contribution in [3.8, 4) is 0 Å². The van der Waals surface area contributed by atoms with Crippen LogP contribution in [0.1, 0.15) is 60.5 Å². The third-order valence-electron chi connectivity index (χ3n) is 7.06. The molecular formula is C27H26F3N5O3S. The first kappa shape index (κ1) is 26.8. The van der Waals surface area contributed by atoms with E-state index in [-0.39, 0.29) is 24.8 Å². The monoisotopic (exact) mass is 557 g/mol. The number of pyridine rings is 1. The Labute approximate surface area is 223 Å². The number of fused-ring (bicyclic) bond motifs is 1. The average molecular weight is 558 g/mol. The molecule has 39 heavy (non-hydrogen) atoms. The highest BCUT2D eigenvalue weighted by Crippen LogP contribution is 2.33. The van der Waals surface area contributed by atoms with Crippen LogP contribution in [-0.4, -0.2) is 48.1 Å². The molecule has 204 valence electrons. The van der Waals surface area contributed by atoms with Gasteiger partial charge in [-0.05, 0) is 75.1 Å². The Hall–Kier alpha value is -3.80. The van der Waals surface area contributed by atoms with Gasteiger partial charge in [0.1, 0.15) is 23.5 Å². The minimum atomic E-state index is -4.15. The fourth-order valence-corrected chi connectivity index (χ4v) is 6.18. The number of sulfonamides is 1. The van der Waals surface area contributed by atoms with Crippen molar-refractivity contribution in [3.63, 3.8) is 0 Å². The zero-order chi connectivity index (χ0) is 27.9. The third kappa shape index (κ3) is 5.38. The quantitative estimate of drug-likeness (QED) is 0.214. The molecule has 3 aromatic rings. The highest BCUT2D eigenvalue weighted by atomic mass is 32.2. The van der Waals surface area contributed by atoms with E-state index in [1.165, 1.54) is 6.20 Å². The molecule has 0 saturated heterocycles. The van der Waals surface area contributed by atoms with Gasteiger partial charge in [0, 0.05) is 35.5 Å². The third-order valence-corrected chi connectivity index (χ3v) is 8.87. The number of halogens is 3. The van der Waals surface area contributed by atoms with E-state index < -0.39 is 50.1 Å². The van der Waals surface area contributed by atoms with E-state index >= 15 is 4.39 Å². The molecule has 0 radical (unpaired) electrons. The summed E-state index contributed by atoms with van der Waals surface area (Å²) in [5.74, 6) is -2.54. The molecule has 0 amide bonds. The number of nitrogens with zero attached hydrogens (tertiary/aromatic N) is 3. The van der Waals surface area contributed by atoms with Gasteiger partial charge in [0.2, 0.25) is 15.8 Å². The molecule has 2 aliphatic carbocycles. The normalized spacial score (nSPS) is 20.4. The maximum atomic E-state index is 15.4. The molecule has 0 bridgehead atoms. The van der Waals surface area contributed by atoms with E-state index in [1.807, 2.05) is 0 Å². The molecule has 12 heteroatoms. The molecule has 1 unspecified atom stereocenters. The van der Waals surface area contributed by atoms with Crippen molar-refractivity contribution in [1.82, 2.24) is 9.97 Å². The molecule has 2 atom stereocenters. The smallest absolute Gasteiger partial charge is 0.235 e. The number of anilines is 1. The number of amidine groups is 1. The second-order valence-corrected chi connectivity index (χ2v) is 11.8. The van der Waals surface area contributed by atoms with E-state index in [2.05, 4.69) is 31.4 Å². The van der Waals surface area contributed by atoms with Crippen LogP contribution in [0.15, 0.2) is 46.8 Å². The lowest BCUT2D eigenvalue weighted by atomic mass is 10.00. The lowest BCUT2D eigenvalue weighted by Gasteiger charge is -2.15. The van der Waals surface area contributed by atoms with Crippen LogP contribution in [0.25, 0.3) is 16.6 Å². The number of hydrogen-bond donors (Lipinski definition) is 2. The molecule has 0 spiro atoms. The van der Waals surface area contributed by atoms with Crippen LogP contribution in [0, 0.1) is 17.6 Å². The summed E-state index contributed by atoms with van der Waals surface area (Å²) < 4.78 is 71.2. The first-order chi connectivity index (χ1) is 18.6. The summed E-state index contributed by atoms with van der Waals surface area (Å²) >= 11 is 0. The predicted molar refractivity (Wildman–Crippen MR) is 144 cm³/mol. The Morgan fingerprint density at radius 3 is 2.67 bits per heavy atom. The van der Waals surface area contributed by atoms with Crippen LogP contribution in [0.4, 0.5) is 18.9 Å². The lowest BCUT2D eigenvalue weighted by molar-refractivity contribution is 0.103. The molecule has 8 nitrogen and oxygen atoms in total. The zero-order valence-electron chi connectivity index (χ0n) is 21.0. The second-order valence-electron chi connectivity index (χ2n) is 9.85. The number of aromatic nitrogens is 2. The molecule has 1 aromatic carbocycles. The molecular weight excluding hydrogens is 531 g/mol. The molecule has 2 aromatic heterocycles. The summed E-state index contributed by atoms with van der Waals surface area (Å²) in [7, 11) is -4.15. The van der Waals surface area contributed by atoms with Gasteiger partial charge in [0.15, 0.2) is 5.82 Å². The number of hydrogen-bond acceptors (Lipinski definition) is 5. The molecule has 0 aliphatic heterocycles. The van der Waals surface area contributed by atoms with Gasteiger partial charge < -0.3 is 4.98 Å². The molecule has 2 fully saturated rings. The van der Waals surface area contributed by atoms with Crippen molar-refractivity contribution in [2.24, 2.45) is 15.9 Å². The van der Waals surface area contributed by atoms with E-state index in [0.717, 1.165) is 30.5 Å². The first-order valence-corrected chi connectivity index (χ1v) is 14.0. The van der Waals surface area contributed by atoms with E-state index in [1.54, 1.807) is 25.4 Å². The number of alkyl halides is 1. The maximum absolute atomic E-state index is 15.4. The van der Waals surface area contributed by atoms with Crippen LogP contribution < -0.4 is 4.72 Å². The average Bonchev–Trinajstić information content (AvgIpc) is 3.49. The number of ketones is 1. The highest BCUT2D eigenvalue weighted by Gasteiger charge is 2.35. The number of allylic oxidation sites excluding steroid dienone is 1. The van der Waals surface area contributed by atoms with Gasteiger partial charge in [-0.15, -0.1) is 0 Å². The Bertz CT molecular complexity index is 1640.